The molecular weight excluding hydrogens is 344 g/mol. The summed E-state index contributed by atoms with van der Waals surface area (Å²) in [5.74, 6) is 2.89. The van der Waals surface area contributed by atoms with E-state index < -0.39 is 0 Å². The first-order chi connectivity index (χ1) is 12.4. The van der Waals surface area contributed by atoms with E-state index in [1.807, 2.05) is 18.2 Å². The van der Waals surface area contributed by atoms with Crippen molar-refractivity contribution in [2.45, 2.75) is 10.8 Å². The highest BCUT2D eigenvalue weighted by atomic mass is 32.2. The molecule has 9 nitrogen and oxygen atoms in total. The van der Waals surface area contributed by atoms with Gasteiger partial charge in [-0.25, -0.2) is 15.0 Å². The molecule has 0 amide bonds. The Hall–Kier alpha value is -3.14. The highest BCUT2D eigenvalue weighted by Gasteiger charge is 2.17. The van der Waals surface area contributed by atoms with Gasteiger partial charge in [0.15, 0.2) is 17.1 Å². The quantitative estimate of drug-likeness (QED) is 0.436. The number of hydrogen-bond donors (Lipinski definition) is 1. The van der Waals surface area contributed by atoms with Gasteiger partial charge in [0.1, 0.15) is 16.9 Å². The van der Waals surface area contributed by atoms with Crippen LogP contribution in [-0.4, -0.2) is 36.9 Å². The maximum absolute atomic E-state index is 5.37. The van der Waals surface area contributed by atoms with Crippen LogP contribution in [0.25, 0.3) is 22.6 Å². The standard InChI is InChI=1S/C15H10N6O3S/c1-2-9-10(23-7-22-9)3-8(1)13-20-11(24-21-13)4-25-15-12-14(17-5-16-12)18-6-19-15/h1-3,5-6H,4,7H2,(H,16,17,18,19). The van der Waals surface area contributed by atoms with E-state index in [-0.39, 0.29) is 6.79 Å². The number of H-pyrrole nitrogens is 1. The molecule has 0 fully saturated rings. The minimum Gasteiger partial charge on any atom is -0.454 e. The molecule has 0 unspecified atom stereocenters. The van der Waals surface area contributed by atoms with Crippen LogP contribution < -0.4 is 9.47 Å². The summed E-state index contributed by atoms with van der Waals surface area (Å²) in [7, 11) is 0. The van der Waals surface area contributed by atoms with Crippen molar-refractivity contribution in [3.63, 3.8) is 0 Å². The van der Waals surface area contributed by atoms with Gasteiger partial charge in [-0.3, -0.25) is 0 Å². The van der Waals surface area contributed by atoms with Gasteiger partial charge in [-0.15, -0.1) is 0 Å². The monoisotopic (exact) mass is 354 g/mol. The Kier molecular flexibility index (Phi) is 3.27. The van der Waals surface area contributed by atoms with Crippen LogP contribution in [-0.2, 0) is 5.75 Å². The summed E-state index contributed by atoms with van der Waals surface area (Å²) in [5, 5.41) is 4.81. The molecule has 0 aliphatic carbocycles. The van der Waals surface area contributed by atoms with E-state index in [2.05, 4.69) is 30.1 Å². The molecule has 1 aliphatic rings. The van der Waals surface area contributed by atoms with E-state index in [9.17, 15) is 0 Å². The van der Waals surface area contributed by atoms with Gasteiger partial charge in [0.25, 0.3) is 0 Å². The number of nitrogens with one attached hydrogen (secondary N) is 1. The summed E-state index contributed by atoms with van der Waals surface area (Å²) in [6, 6.07) is 5.54. The van der Waals surface area contributed by atoms with Crippen molar-refractivity contribution in [3.05, 3.63) is 36.7 Å². The molecule has 0 saturated heterocycles. The maximum Gasteiger partial charge on any atom is 0.237 e. The fourth-order valence-electron chi connectivity index (χ4n) is 2.45. The number of ether oxygens (including phenoxy) is 2. The van der Waals surface area contributed by atoms with E-state index in [1.54, 1.807) is 6.33 Å². The summed E-state index contributed by atoms with van der Waals surface area (Å²) in [6.07, 6.45) is 3.07. The number of fused-ring (bicyclic) bond motifs is 2. The van der Waals surface area contributed by atoms with Crippen molar-refractivity contribution < 1.29 is 14.0 Å². The topological polar surface area (TPSA) is 112 Å². The van der Waals surface area contributed by atoms with Crippen LogP contribution in [0.15, 0.2) is 40.4 Å². The second-order valence-corrected chi connectivity index (χ2v) is 6.11. The van der Waals surface area contributed by atoms with Crippen molar-refractivity contribution in [1.82, 2.24) is 30.1 Å². The second kappa shape index (κ2) is 5.74. The molecule has 0 bridgehead atoms. The predicted octanol–water partition coefficient (Wildman–Crippen LogP) is 2.42. The lowest BCUT2D eigenvalue weighted by atomic mass is 10.2. The van der Waals surface area contributed by atoms with Crippen molar-refractivity contribution >= 4 is 22.9 Å². The Morgan fingerprint density at radius 2 is 2.08 bits per heavy atom. The number of aromatic amines is 1. The zero-order chi connectivity index (χ0) is 16.6. The number of benzene rings is 1. The highest BCUT2D eigenvalue weighted by Crippen LogP contribution is 2.35. The smallest absolute Gasteiger partial charge is 0.237 e. The molecule has 10 heteroatoms. The maximum atomic E-state index is 5.37. The molecule has 1 aromatic carbocycles. The minimum atomic E-state index is 0.230. The molecule has 0 atom stereocenters. The van der Waals surface area contributed by atoms with Crippen LogP contribution in [0.4, 0.5) is 0 Å². The zero-order valence-corrected chi connectivity index (χ0v) is 13.5. The average molecular weight is 354 g/mol. The SMILES string of the molecule is c1nc(SCc2nc(-c3ccc4c(c3)OCO4)no2)c2[nH]cnc2n1. The molecule has 0 radical (unpaired) electrons. The highest BCUT2D eigenvalue weighted by molar-refractivity contribution is 7.98. The Morgan fingerprint density at radius 3 is 3.08 bits per heavy atom. The van der Waals surface area contributed by atoms with Gasteiger partial charge in [-0.05, 0) is 18.2 Å². The molecule has 0 saturated carbocycles. The fraction of sp³-hybridized carbons (Fsp3) is 0.133. The first kappa shape index (κ1) is 14.2. The third-order valence-electron chi connectivity index (χ3n) is 3.62. The van der Waals surface area contributed by atoms with E-state index in [1.165, 1.54) is 18.1 Å². The number of hydrogen-bond acceptors (Lipinski definition) is 9. The van der Waals surface area contributed by atoms with Crippen molar-refractivity contribution in [2.24, 2.45) is 0 Å². The minimum absolute atomic E-state index is 0.230. The van der Waals surface area contributed by atoms with Crippen molar-refractivity contribution in [3.8, 4) is 22.9 Å². The van der Waals surface area contributed by atoms with Crippen LogP contribution >= 0.6 is 11.8 Å². The Labute approximate surface area is 144 Å². The Bertz CT molecular complexity index is 1060. The van der Waals surface area contributed by atoms with Crippen LogP contribution in [0.5, 0.6) is 11.5 Å². The van der Waals surface area contributed by atoms with Gasteiger partial charge < -0.3 is 19.0 Å². The van der Waals surface area contributed by atoms with E-state index in [0.717, 1.165) is 21.9 Å². The number of aromatic nitrogens is 6. The van der Waals surface area contributed by atoms with E-state index in [4.69, 9.17) is 14.0 Å². The van der Waals surface area contributed by atoms with Crippen molar-refractivity contribution in [2.75, 3.05) is 6.79 Å². The molecule has 3 aromatic heterocycles. The first-order valence-corrected chi connectivity index (χ1v) is 8.35. The van der Waals surface area contributed by atoms with Gasteiger partial charge in [-0.2, -0.15) is 4.98 Å². The number of nitrogens with zero attached hydrogens (tertiary/aromatic N) is 5. The lowest BCUT2D eigenvalue weighted by Gasteiger charge is -1.98. The zero-order valence-electron chi connectivity index (χ0n) is 12.7. The summed E-state index contributed by atoms with van der Waals surface area (Å²) in [4.78, 5) is 19.9. The summed E-state index contributed by atoms with van der Waals surface area (Å²) < 4.78 is 16.0. The largest absolute Gasteiger partial charge is 0.454 e. The average Bonchev–Trinajstić information content (AvgIpc) is 3.38. The third kappa shape index (κ3) is 2.56. The van der Waals surface area contributed by atoms with Gasteiger partial charge in [0, 0.05) is 5.56 Å². The van der Waals surface area contributed by atoms with Crippen LogP contribution in [0.3, 0.4) is 0 Å². The second-order valence-electron chi connectivity index (χ2n) is 5.15. The summed E-state index contributed by atoms with van der Waals surface area (Å²) in [6.45, 7) is 0.230. The summed E-state index contributed by atoms with van der Waals surface area (Å²) in [5.41, 5.74) is 2.23. The molecule has 4 aromatic rings. The van der Waals surface area contributed by atoms with Crippen LogP contribution in [0.2, 0.25) is 0 Å². The van der Waals surface area contributed by atoms with E-state index in [0.29, 0.717) is 28.9 Å². The number of thioether (sulfide) groups is 1. The van der Waals surface area contributed by atoms with Gasteiger partial charge in [-0.1, -0.05) is 16.9 Å². The molecule has 1 aliphatic heterocycles. The molecule has 25 heavy (non-hydrogen) atoms. The Balaban J connectivity index is 1.35. The number of rotatable bonds is 4. The summed E-state index contributed by atoms with van der Waals surface area (Å²) >= 11 is 1.47. The lowest BCUT2D eigenvalue weighted by Crippen LogP contribution is -1.92. The molecule has 4 heterocycles. The molecule has 5 rings (SSSR count). The third-order valence-corrected chi connectivity index (χ3v) is 4.59. The molecule has 1 N–H and O–H groups in total. The van der Waals surface area contributed by atoms with E-state index >= 15 is 0 Å². The lowest BCUT2D eigenvalue weighted by molar-refractivity contribution is 0.174. The molecule has 124 valence electrons. The predicted molar refractivity (Wildman–Crippen MR) is 87.1 cm³/mol. The van der Waals surface area contributed by atoms with Crippen molar-refractivity contribution in [1.29, 1.82) is 0 Å². The van der Waals surface area contributed by atoms with Gasteiger partial charge in [0.2, 0.25) is 18.5 Å². The normalized spacial score (nSPS) is 12.8. The number of imidazole rings is 1. The van der Waals surface area contributed by atoms with Gasteiger partial charge >= 0.3 is 0 Å². The van der Waals surface area contributed by atoms with Crippen LogP contribution in [0, 0.1) is 0 Å². The first-order valence-electron chi connectivity index (χ1n) is 7.36. The Morgan fingerprint density at radius 1 is 1.12 bits per heavy atom. The van der Waals surface area contributed by atoms with Crippen LogP contribution in [0.1, 0.15) is 5.89 Å². The molecular formula is C15H10N6O3S. The fourth-order valence-corrected chi connectivity index (χ4v) is 3.24. The van der Waals surface area contributed by atoms with Gasteiger partial charge in [0.05, 0.1) is 12.1 Å². The molecule has 0 spiro atoms.